The number of esters is 1. The molecule has 0 heterocycles. The highest BCUT2D eigenvalue weighted by atomic mass is 16.6. The number of carboxylic acid groups (broad SMARTS) is 1. The molecular weight excluding hydrogens is 616 g/mol. The smallest absolute Gasteiger partial charge is 0.372 e. The lowest BCUT2D eigenvalue weighted by atomic mass is 10.1. The average molecular weight is 681 g/mol. The molecule has 0 aromatic rings. The van der Waals surface area contributed by atoms with Gasteiger partial charge in [-0.1, -0.05) is 71.1 Å². The molecule has 0 radical (unpaired) electrons. The summed E-state index contributed by atoms with van der Waals surface area (Å²) in [7, 11) is 0. The monoisotopic (exact) mass is 680 g/mol. The van der Waals surface area contributed by atoms with E-state index >= 15 is 0 Å². The number of aliphatic carboxylic acids is 1. The van der Waals surface area contributed by atoms with Crippen molar-refractivity contribution in [3.63, 3.8) is 0 Å². The van der Waals surface area contributed by atoms with Crippen LogP contribution in [-0.4, -0.2) is 135 Å². The number of hydrogen-bond acceptors (Lipinski definition) is 12. The minimum atomic E-state index is -1.56. The molecule has 0 amide bonds. The van der Waals surface area contributed by atoms with Crippen molar-refractivity contribution in [3.8, 4) is 0 Å². The topological polar surface area (TPSA) is 155 Å². The summed E-state index contributed by atoms with van der Waals surface area (Å²) in [4.78, 5) is 32.6. The second kappa shape index (κ2) is 38.7. The molecule has 0 aliphatic carbocycles. The van der Waals surface area contributed by atoms with E-state index in [-0.39, 0.29) is 26.1 Å². The number of ketones is 1. The number of hydrogen-bond donors (Lipinski definition) is 1. The Kier molecular flexibility index (Phi) is 37.3. The molecule has 13 nitrogen and oxygen atoms in total. The molecule has 0 atom stereocenters. The first-order valence-corrected chi connectivity index (χ1v) is 17.6. The highest BCUT2D eigenvalue weighted by Crippen LogP contribution is 2.11. The van der Waals surface area contributed by atoms with Crippen molar-refractivity contribution in [1.82, 2.24) is 0 Å². The van der Waals surface area contributed by atoms with Crippen LogP contribution in [0.2, 0.25) is 0 Å². The van der Waals surface area contributed by atoms with Gasteiger partial charge in [0.1, 0.15) is 6.61 Å². The van der Waals surface area contributed by atoms with E-state index in [1.54, 1.807) is 0 Å². The van der Waals surface area contributed by atoms with Gasteiger partial charge in [0.25, 0.3) is 0 Å². The number of carbonyl (C=O) groups is 3. The van der Waals surface area contributed by atoms with Gasteiger partial charge >= 0.3 is 11.9 Å². The van der Waals surface area contributed by atoms with Gasteiger partial charge in [-0.25, -0.2) is 4.79 Å². The van der Waals surface area contributed by atoms with Crippen LogP contribution in [0.25, 0.3) is 0 Å². The van der Waals surface area contributed by atoms with Gasteiger partial charge in [0, 0.05) is 13.0 Å². The lowest BCUT2D eigenvalue weighted by molar-refractivity contribution is -0.151. The maximum Gasteiger partial charge on any atom is 0.372 e. The van der Waals surface area contributed by atoms with Crippen LogP contribution < -0.4 is 0 Å². The van der Waals surface area contributed by atoms with Crippen LogP contribution in [0.4, 0.5) is 0 Å². The van der Waals surface area contributed by atoms with E-state index in [2.05, 4.69) is 6.92 Å². The Bertz CT molecular complexity index is 693. The highest BCUT2D eigenvalue weighted by molar-refractivity contribution is 6.32. The molecule has 0 bridgehead atoms. The lowest BCUT2D eigenvalue weighted by Crippen LogP contribution is -2.17. The number of rotatable bonds is 40. The number of carbonyl (C=O) groups excluding carboxylic acids is 2. The zero-order valence-electron chi connectivity index (χ0n) is 29.1. The zero-order valence-corrected chi connectivity index (χ0v) is 29.1. The maximum atomic E-state index is 11.4. The maximum absolute atomic E-state index is 11.4. The van der Waals surface area contributed by atoms with E-state index in [1.165, 1.54) is 64.2 Å². The molecule has 278 valence electrons. The van der Waals surface area contributed by atoms with E-state index in [1.807, 2.05) is 0 Å². The molecule has 0 aliphatic rings. The molecule has 0 spiro atoms. The summed E-state index contributed by atoms with van der Waals surface area (Å²) in [5.41, 5.74) is 0. The fourth-order valence-electron chi connectivity index (χ4n) is 4.12. The van der Waals surface area contributed by atoms with Gasteiger partial charge in [-0.2, -0.15) is 0 Å². The fourth-order valence-corrected chi connectivity index (χ4v) is 4.12. The Morgan fingerprint density at radius 3 is 1.02 bits per heavy atom. The van der Waals surface area contributed by atoms with Crippen LogP contribution >= 0.6 is 0 Å². The molecule has 13 heteroatoms. The van der Waals surface area contributed by atoms with Crippen molar-refractivity contribution in [2.45, 2.75) is 90.4 Å². The molecule has 0 rings (SSSR count). The van der Waals surface area contributed by atoms with Crippen molar-refractivity contribution in [2.24, 2.45) is 0 Å². The average Bonchev–Trinajstić information content (AvgIpc) is 3.06. The predicted octanol–water partition coefficient (Wildman–Crippen LogP) is 4.41. The van der Waals surface area contributed by atoms with Crippen molar-refractivity contribution in [1.29, 1.82) is 0 Å². The molecule has 0 saturated heterocycles. The third-order valence-corrected chi connectivity index (χ3v) is 6.78. The van der Waals surface area contributed by atoms with Gasteiger partial charge in [-0.15, -0.1) is 0 Å². The number of unbranched alkanes of at least 4 members (excludes halogenated alkanes) is 10. The normalized spacial score (nSPS) is 11.3. The molecular formula is C34H64O13. The van der Waals surface area contributed by atoms with Crippen molar-refractivity contribution in [2.75, 3.05) is 112 Å². The summed E-state index contributed by atoms with van der Waals surface area (Å²) in [5, 5.41) is 8.44. The summed E-state index contributed by atoms with van der Waals surface area (Å²) in [5.74, 6) is -3.22. The Morgan fingerprint density at radius 2 is 0.681 bits per heavy atom. The fraction of sp³-hybridized carbons (Fsp3) is 0.912. The SMILES string of the molecule is CCCCCCCCCCCCCOCCOCCOCCOCCOCCOCCOCCOCCOC(=O)CCC(=O)C(=O)O. The van der Waals surface area contributed by atoms with Crippen LogP contribution in [0.15, 0.2) is 0 Å². The molecule has 47 heavy (non-hydrogen) atoms. The molecule has 0 aromatic heterocycles. The molecule has 0 fully saturated rings. The molecule has 0 saturated carbocycles. The third-order valence-electron chi connectivity index (χ3n) is 6.78. The lowest BCUT2D eigenvalue weighted by Gasteiger charge is -2.09. The van der Waals surface area contributed by atoms with E-state index in [4.69, 9.17) is 47.7 Å². The second-order valence-electron chi connectivity index (χ2n) is 10.9. The van der Waals surface area contributed by atoms with Gasteiger partial charge in [-0.05, 0) is 6.42 Å². The Hall–Kier alpha value is -1.71. The van der Waals surface area contributed by atoms with Gasteiger partial charge in [0.15, 0.2) is 0 Å². The van der Waals surface area contributed by atoms with Crippen molar-refractivity contribution < 1.29 is 62.1 Å². The van der Waals surface area contributed by atoms with Crippen LogP contribution in [0, 0.1) is 0 Å². The quantitative estimate of drug-likeness (QED) is 0.0553. The Morgan fingerprint density at radius 1 is 0.383 bits per heavy atom. The molecule has 1 N–H and O–H groups in total. The minimum Gasteiger partial charge on any atom is -0.476 e. The molecule has 0 unspecified atom stereocenters. The van der Waals surface area contributed by atoms with E-state index < -0.39 is 17.7 Å². The summed E-state index contributed by atoms with van der Waals surface area (Å²) in [6, 6.07) is 0. The highest BCUT2D eigenvalue weighted by Gasteiger charge is 2.14. The molecule has 0 aromatic carbocycles. The first-order valence-electron chi connectivity index (χ1n) is 17.6. The van der Waals surface area contributed by atoms with Gasteiger partial charge < -0.3 is 47.7 Å². The zero-order chi connectivity index (χ0) is 34.3. The van der Waals surface area contributed by atoms with Crippen LogP contribution in [-0.2, 0) is 57.0 Å². The third kappa shape index (κ3) is 38.6. The summed E-state index contributed by atoms with van der Waals surface area (Å²) in [6.45, 7) is 10.0. The van der Waals surface area contributed by atoms with Crippen LogP contribution in [0.5, 0.6) is 0 Å². The van der Waals surface area contributed by atoms with Gasteiger partial charge in [0.05, 0.1) is 106 Å². The number of Topliss-reactive ketones (excluding diaryl/α,β-unsaturated/α-hetero) is 1. The van der Waals surface area contributed by atoms with Gasteiger partial charge in [0.2, 0.25) is 5.78 Å². The summed E-state index contributed by atoms with van der Waals surface area (Å²) < 4.78 is 48.5. The van der Waals surface area contributed by atoms with Crippen LogP contribution in [0.1, 0.15) is 90.4 Å². The predicted molar refractivity (Wildman–Crippen MR) is 176 cm³/mol. The minimum absolute atomic E-state index is 0.0214. The van der Waals surface area contributed by atoms with E-state index in [9.17, 15) is 14.4 Å². The summed E-state index contributed by atoms with van der Waals surface area (Å²) >= 11 is 0. The first-order chi connectivity index (χ1) is 23.1. The molecule has 0 aliphatic heterocycles. The van der Waals surface area contributed by atoms with Crippen molar-refractivity contribution >= 4 is 17.7 Å². The number of carboxylic acids is 1. The second-order valence-corrected chi connectivity index (χ2v) is 10.9. The van der Waals surface area contributed by atoms with Crippen molar-refractivity contribution in [3.05, 3.63) is 0 Å². The van der Waals surface area contributed by atoms with Crippen LogP contribution in [0.3, 0.4) is 0 Å². The first kappa shape index (κ1) is 45.3. The largest absolute Gasteiger partial charge is 0.476 e. The van der Waals surface area contributed by atoms with Gasteiger partial charge in [-0.3, -0.25) is 9.59 Å². The Balaban J connectivity index is 3.11. The van der Waals surface area contributed by atoms with E-state index in [0.29, 0.717) is 92.5 Å². The number of ether oxygens (including phenoxy) is 9. The standard InChI is InChI=1S/C34H64O13/c1-2-3-4-5-6-7-8-9-10-11-12-15-39-16-17-40-18-19-41-20-21-42-22-23-43-24-25-44-26-27-45-28-29-46-30-31-47-33(36)14-13-32(35)34(37)38/h2-31H2,1H3,(H,37,38). The summed E-state index contributed by atoms with van der Waals surface area (Å²) in [6.07, 6.45) is 14.1. The Labute approximate surface area is 282 Å². The van der Waals surface area contributed by atoms with E-state index in [0.717, 1.165) is 13.0 Å².